The summed E-state index contributed by atoms with van der Waals surface area (Å²) in [5, 5.41) is 13.4. The first-order valence-corrected chi connectivity index (χ1v) is 12.5. The lowest BCUT2D eigenvalue weighted by Gasteiger charge is -2.10. The first-order valence-electron chi connectivity index (χ1n) is 10.6. The Morgan fingerprint density at radius 1 is 1.03 bits per heavy atom. The Labute approximate surface area is 195 Å². The molecule has 1 aliphatic rings. The van der Waals surface area contributed by atoms with E-state index in [-0.39, 0.29) is 17.0 Å². The van der Waals surface area contributed by atoms with Crippen LogP contribution in [0, 0.1) is 0 Å². The van der Waals surface area contributed by atoms with Gasteiger partial charge in [-0.3, -0.25) is 5.10 Å². The molecule has 3 N–H and O–H groups in total. The van der Waals surface area contributed by atoms with Crippen LogP contribution < -0.4 is 10.6 Å². The molecule has 5 rings (SSSR count). The summed E-state index contributed by atoms with van der Waals surface area (Å²) in [6.45, 7) is 0. The molecule has 11 heteroatoms. The number of rotatable bonds is 7. The molecule has 0 radical (unpaired) electrons. The van der Waals surface area contributed by atoms with Crippen molar-refractivity contribution < 1.29 is 17.9 Å². The lowest BCUT2D eigenvalue weighted by molar-refractivity contribution is 0.0600. The molecular formula is C23H22N6O4S. The molecule has 0 aliphatic heterocycles. The van der Waals surface area contributed by atoms with Crippen LogP contribution in [-0.4, -0.2) is 54.0 Å². The smallest absolute Gasteiger partial charge is 0.337 e. The minimum Gasteiger partial charge on any atom is -0.465 e. The Morgan fingerprint density at radius 2 is 1.68 bits per heavy atom. The van der Waals surface area contributed by atoms with E-state index in [2.05, 4.69) is 30.8 Å². The van der Waals surface area contributed by atoms with Crippen LogP contribution in [0.4, 0.5) is 17.5 Å². The van der Waals surface area contributed by atoms with E-state index in [4.69, 9.17) is 4.74 Å². The van der Waals surface area contributed by atoms with Crippen molar-refractivity contribution in [3.8, 4) is 11.1 Å². The molecule has 2 heterocycles. The highest BCUT2D eigenvalue weighted by Gasteiger charge is 2.27. The summed E-state index contributed by atoms with van der Waals surface area (Å²) in [6.07, 6.45) is 3.12. The van der Waals surface area contributed by atoms with Crippen LogP contribution in [0.3, 0.4) is 0 Å². The first-order chi connectivity index (χ1) is 16.3. The Hall–Kier alpha value is -3.99. The summed E-state index contributed by atoms with van der Waals surface area (Å²) < 4.78 is 29.0. The third-order valence-electron chi connectivity index (χ3n) is 5.44. The first kappa shape index (κ1) is 21.8. The van der Waals surface area contributed by atoms with Crippen molar-refractivity contribution >= 4 is 44.3 Å². The van der Waals surface area contributed by atoms with Gasteiger partial charge in [0.2, 0.25) is 5.95 Å². The van der Waals surface area contributed by atoms with Crippen LogP contribution in [0.15, 0.2) is 53.6 Å². The summed E-state index contributed by atoms with van der Waals surface area (Å²) >= 11 is 0. The molecule has 34 heavy (non-hydrogen) atoms. The van der Waals surface area contributed by atoms with E-state index in [0.29, 0.717) is 28.4 Å². The second-order valence-electron chi connectivity index (χ2n) is 8.11. The number of methoxy groups -OCH3 is 1. The number of benzene rings is 2. The number of fused-ring (bicyclic) bond motifs is 1. The van der Waals surface area contributed by atoms with E-state index in [1.54, 1.807) is 12.1 Å². The predicted octanol–water partition coefficient (Wildman–Crippen LogP) is 3.53. The molecule has 0 unspecified atom stereocenters. The number of aromatic amines is 1. The average molecular weight is 479 g/mol. The lowest BCUT2D eigenvalue weighted by Crippen LogP contribution is -2.08. The van der Waals surface area contributed by atoms with Crippen LogP contribution in [0.1, 0.15) is 23.2 Å². The van der Waals surface area contributed by atoms with E-state index in [1.807, 2.05) is 36.4 Å². The van der Waals surface area contributed by atoms with Gasteiger partial charge in [0, 0.05) is 18.0 Å². The maximum absolute atomic E-state index is 12.1. The van der Waals surface area contributed by atoms with Crippen LogP contribution in [0.2, 0.25) is 0 Å². The maximum atomic E-state index is 12.1. The second kappa shape index (κ2) is 8.41. The Morgan fingerprint density at radius 3 is 2.26 bits per heavy atom. The van der Waals surface area contributed by atoms with Crippen molar-refractivity contribution in [1.29, 1.82) is 0 Å². The van der Waals surface area contributed by atoms with Gasteiger partial charge in [-0.1, -0.05) is 24.3 Å². The third kappa shape index (κ3) is 4.42. The van der Waals surface area contributed by atoms with Crippen LogP contribution in [-0.2, 0) is 14.6 Å². The van der Waals surface area contributed by atoms with E-state index >= 15 is 0 Å². The number of aromatic nitrogens is 4. The van der Waals surface area contributed by atoms with Gasteiger partial charge in [0.05, 0.1) is 12.7 Å². The fourth-order valence-electron chi connectivity index (χ4n) is 3.55. The lowest BCUT2D eigenvalue weighted by atomic mass is 10.0. The van der Waals surface area contributed by atoms with E-state index in [0.717, 1.165) is 35.9 Å². The molecule has 0 atom stereocenters. The zero-order valence-electron chi connectivity index (χ0n) is 18.5. The van der Waals surface area contributed by atoms with E-state index < -0.39 is 9.84 Å². The maximum Gasteiger partial charge on any atom is 0.337 e. The second-order valence-corrected chi connectivity index (χ2v) is 10.0. The van der Waals surface area contributed by atoms with Crippen molar-refractivity contribution in [2.45, 2.75) is 23.9 Å². The van der Waals surface area contributed by atoms with Gasteiger partial charge in [-0.2, -0.15) is 15.1 Å². The standard InChI is InChI=1S/C23H22N6O4S/c1-33-22(30)15-5-3-13(4-6-15)14-7-9-17(10-8-14)25-23-26-19(24-16-11-12-16)18-20(27-23)28-29-21(18)34(2,31)32/h3-10,16H,11-12H2,1-2H3,(H3,24,25,26,27,28,29). The third-order valence-corrected chi connectivity index (χ3v) is 6.43. The van der Waals surface area contributed by atoms with Crippen LogP contribution in [0.5, 0.6) is 0 Å². The number of carbonyl (C=O) groups excluding carboxylic acids is 1. The molecule has 2 aromatic heterocycles. The number of H-pyrrole nitrogens is 1. The summed E-state index contributed by atoms with van der Waals surface area (Å²) in [7, 11) is -2.19. The van der Waals surface area contributed by atoms with Gasteiger partial charge in [-0.15, -0.1) is 0 Å². The van der Waals surface area contributed by atoms with Crippen molar-refractivity contribution in [2.75, 3.05) is 24.0 Å². The largest absolute Gasteiger partial charge is 0.465 e. The van der Waals surface area contributed by atoms with Crippen molar-refractivity contribution in [1.82, 2.24) is 20.2 Å². The number of ether oxygens (including phenoxy) is 1. The fourth-order valence-corrected chi connectivity index (χ4v) is 4.32. The van der Waals surface area contributed by atoms with Gasteiger partial charge < -0.3 is 15.4 Å². The fraction of sp³-hybridized carbons (Fsp3) is 0.217. The average Bonchev–Trinajstić information content (AvgIpc) is 3.53. The molecule has 10 nitrogen and oxygen atoms in total. The van der Waals surface area contributed by atoms with Crippen molar-refractivity contribution in [3.63, 3.8) is 0 Å². The molecule has 4 aromatic rings. The molecule has 2 aromatic carbocycles. The Kier molecular flexibility index (Phi) is 5.40. The number of carbonyl (C=O) groups is 1. The topological polar surface area (TPSA) is 139 Å². The van der Waals surface area contributed by atoms with Gasteiger partial charge in [0.15, 0.2) is 20.5 Å². The SMILES string of the molecule is COC(=O)c1ccc(-c2ccc(Nc3nc(NC4CC4)c4c(S(C)(=O)=O)n[nH]c4n3)cc2)cc1. The number of nitrogens with one attached hydrogen (secondary N) is 3. The number of sulfone groups is 1. The Bertz CT molecular complexity index is 1480. The number of esters is 1. The molecule has 0 amide bonds. The number of hydrogen-bond donors (Lipinski definition) is 3. The zero-order valence-corrected chi connectivity index (χ0v) is 19.3. The molecule has 174 valence electrons. The summed E-state index contributed by atoms with van der Waals surface area (Å²) in [5.74, 6) is 0.376. The van der Waals surface area contributed by atoms with Gasteiger partial charge in [0.25, 0.3) is 0 Å². The highest BCUT2D eigenvalue weighted by atomic mass is 32.2. The van der Waals surface area contributed by atoms with Crippen molar-refractivity contribution in [3.05, 3.63) is 54.1 Å². The highest BCUT2D eigenvalue weighted by Crippen LogP contribution is 2.32. The molecule has 0 saturated heterocycles. The summed E-state index contributed by atoms with van der Waals surface area (Å²) in [4.78, 5) is 20.6. The highest BCUT2D eigenvalue weighted by molar-refractivity contribution is 7.90. The molecule has 1 fully saturated rings. The van der Waals surface area contributed by atoms with Gasteiger partial charge in [-0.25, -0.2) is 13.2 Å². The van der Waals surface area contributed by atoms with E-state index in [9.17, 15) is 13.2 Å². The van der Waals surface area contributed by atoms with E-state index in [1.165, 1.54) is 7.11 Å². The van der Waals surface area contributed by atoms with Crippen LogP contribution in [0.25, 0.3) is 22.2 Å². The molecule has 1 saturated carbocycles. The van der Waals surface area contributed by atoms with Gasteiger partial charge in [-0.05, 0) is 48.2 Å². The van der Waals surface area contributed by atoms with Gasteiger partial charge in [0.1, 0.15) is 11.2 Å². The van der Waals surface area contributed by atoms with Gasteiger partial charge >= 0.3 is 5.97 Å². The minimum absolute atomic E-state index is 0.0697. The minimum atomic E-state index is -3.54. The van der Waals surface area contributed by atoms with Crippen molar-refractivity contribution in [2.24, 2.45) is 0 Å². The number of hydrogen-bond acceptors (Lipinski definition) is 9. The van der Waals surface area contributed by atoms with Crippen LogP contribution >= 0.6 is 0 Å². The molecule has 0 spiro atoms. The number of anilines is 3. The predicted molar refractivity (Wildman–Crippen MR) is 128 cm³/mol. The quantitative estimate of drug-likeness (QED) is 0.340. The molecular weight excluding hydrogens is 456 g/mol. The molecule has 1 aliphatic carbocycles. The summed E-state index contributed by atoms with van der Waals surface area (Å²) in [6, 6.07) is 15.1. The number of nitrogens with zero attached hydrogens (tertiary/aromatic N) is 3. The zero-order chi connectivity index (χ0) is 23.9. The summed E-state index contributed by atoms with van der Waals surface area (Å²) in [5.41, 5.74) is 3.52. The monoisotopic (exact) mass is 478 g/mol. The molecule has 0 bridgehead atoms. The normalized spacial score (nSPS) is 13.6. The Balaban J connectivity index is 1.41.